The van der Waals surface area contributed by atoms with Crippen LogP contribution in [0.15, 0.2) is 6.07 Å². The molecule has 1 aromatic rings. The highest BCUT2D eigenvalue weighted by Gasteiger charge is 2.17. The van der Waals surface area contributed by atoms with Gasteiger partial charge in [0.25, 0.3) is 0 Å². The Balaban J connectivity index is 2.78. The van der Waals surface area contributed by atoms with Gasteiger partial charge in [-0.3, -0.25) is 0 Å². The molecule has 3 N–H and O–H groups in total. The van der Waals surface area contributed by atoms with Gasteiger partial charge in [0.2, 0.25) is 0 Å². The Hall–Kier alpha value is -1.36. The second-order valence-electron chi connectivity index (χ2n) is 4.64. The second-order valence-corrected chi connectivity index (χ2v) is 4.64. The van der Waals surface area contributed by atoms with Crippen LogP contribution in [0, 0.1) is 0 Å². The molecule has 0 aliphatic heterocycles. The third-order valence-corrected chi connectivity index (χ3v) is 2.86. The Morgan fingerprint density at radius 3 is 2.28 bits per heavy atom. The van der Waals surface area contributed by atoms with Crippen LogP contribution in [0.1, 0.15) is 39.9 Å². The van der Waals surface area contributed by atoms with E-state index >= 15 is 0 Å². The van der Waals surface area contributed by atoms with Crippen LogP contribution < -0.4 is 10.6 Å². The first-order chi connectivity index (χ1) is 8.50. The van der Waals surface area contributed by atoms with E-state index in [9.17, 15) is 5.11 Å². The molecule has 18 heavy (non-hydrogen) atoms. The van der Waals surface area contributed by atoms with Gasteiger partial charge in [0, 0.05) is 25.6 Å². The molecule has 0 aromatic carbocycles. The number of anilines is 2. The zero-order valence-electron chi connectivity index (χ0n) is 11.7. The highest BCUT2D eigenvalue weighted by atomic mass is 16.3. The average molecular weight is 252 g/mol. The predicted molar refractivity (Wildman–Crippen MR) is 75.0 cm³/mol. The lowest BCUT2D eigenvalue weighted by Crippen LogP contribution is -2.32. The molecule has 0 radical (unpaired) electrons. The molecule has 0 saturated carbocycles. The van der Waals surface area contributed by atoms with Crippen molar-refractivity contribution in [1.29, 1.82) is 0 Å². The third kappa shape index (κ3) is 4.49. The van der Waals surface area contributed by atoms with Crippen molar-refractivity contribution in [2.75, 3.05) is 23.7 Å². The first-order valence-corrected chi connectivity index (χ1v) is 6.58. The number of hydrogen-bond acceptors (Lipinski definition) is 5. The monoisotopic (exact) mass is 252 g/mol. The third-order valence-electron chi connectivity index (χ3n) is 2.86. The van der Waals surface area contributed by atoms with Crippen molar-refractivity contribution in [3.8, 4) is 0 Å². The molecule has 0 fully saturated rings. The highest BCUT2D eigenvalue weighted by Crippen LogP contribution is 2.14. The van der Waals surface area contributed by atoms with Gasteiger partial charge in [-0.25, -0.2) is 9.97 Å². The van der Waals surface area contributed by atoms with E-state index in [0.29, 0.717) is 13.0 Å². The number of rotatable bonds is 7. The summed E-state index contributed by atoms with van der Waals surface area (Å²) in [7, 11) is 0. The van der Waals surface area contributed by atoms with Gasteiger partial charge in [-0.05, 0) is 20.3 Å². The first-order valence-electron chi connectivity index (χ1n) is 6.58. The summed E-state index contributed by atoms with van der Waals surface area (Å²) in [5.41, 5.74) is -0.713. The number of nitrogens with zero attached hydrogens (tertiary/aromatic N) is 2. The fourth-order valence-corrected chi connectivity index (χ4v) is 1.42. The molecule has 1 rings (SSSR count). The van der Waals surface area contributed by atoms with Crippen LogP contribution >= 0.6 is 0 Å². The maximum atomic E-state index is 9.96. The van der Waals surface area contributed by atoms with E-state index in [1.165, 1.54) is 0 Å². The van der Waals surface area contributed by atoms with Crippen LogP contribution in [0.3, 0.4) is 0 Å². The molecule has 5 heteroatoms. The Morgan fingerprint density at radius 2 is 1.78 bits per heavy atom. The summed E-state index contributed by atoms with van der Waals surface area (Å²) in [4.78, 5) is 8.78. The fourth-order valence-electron chi connectivity index (χ4n) is 1.42. The van der Waals surface area contributed by atoms with E-state index in [4.69, 9.17) is 0 Å². The van der Waals surface area contributed by atoms with Gasteiger partial charge >= 0.3 is 0 Å². The van der Waals surface area contributed by atoms with Crippen LogP contribution in [0.5, 0.6) is 0 Å². The standard InChI is InChI=1S/C13H24N4O/c1-5-10-16-11(14-7-3)8-12(17-10)15-9-13(4,18)6-2/h8,18H,5-7,9H2,1-4H3,(H2,14,15,16,17). The van der Waals surface area contributed by atoms with Crippen LogP contribution in [0.25, 0.3) is 0 Å². The molecule has 1 aromatic heterocycles. The summed E-state index contributed by atoms with van der Waals surface area (Å²) in [6.45, 7) is 9.14. The quantitative estimate of drug-likeness (QED) is 0.693. The maximum absolute atomic E-state index is 9.96. The summed E-state index contributed by atoms with van der Waals surface area (Å²) < 4.78 is 0. The second kappa shape index (κ2) is 6.54. The normalized spacial score (nSPS) is 14.1. The molecule has 1 heterocycles. The van der Waals surface area contributed by atoms with Crippen molar-refractivity contribution in [1.82, 2.24) is 9.97 Å². The molecule has 102 valence electrons. The van der Waals surface area contributed by atoms with Gasteiger partial charge in [-0.15, -0.1) is 0 Å². The molecular formula is C13H24N4O. The number of aliphatic hydroxyl groups is 1. The van der Waals surface area contributed by atoms with Crippen molar-refractivity contribution in [2.24, 2.45) is 0 Å². The molecule has 0 saturated heterocycles. The van der Waals surface area contributed by atoms with Crippen LogP contribution in [0.4, 0.5) is 11.6 Å². The molecule has 0 aliphatic carbocycles. The van der Waals surface area contributed by atoms with E-state index in [-0.39, 0.29) is 0 Å². The van der Waals surface area contributed by atoms with E-state index in [0.717, 1.165) is 30.4 Å². The van der Waals surface area contributed by atoms with Crippen molar-refractivity contribution in [2.45, 2.75) is 46.1 Å². The van der Waals surface area contributed by atoms with E-state index < -0.39 is 5.60 Å². The van der Waals surface area contributed by atoms with E-state index in [2.05, 4.69) is 20.6 Å². The fraction of sp³-hybridized carbons (Fsp3) is 0.692. The SMILES string of the molecule is CCNc1cc(NCC(C)(O)CC)nc(CC)n1. The zero-order valence-corrected chi connectivity index (χ0v) is 11.7. The number of aromatic nitrogens is 2. The molecule has 0 bridgehead atoms. The summed E-state index contributed by atoms with van der Waals surface area (Å²) in [6, 6.07) is 1.87. The number of aryl methyl sites for hydroxylation is 1. The van der Waals surface area contributed by atoms with Gasteiger partial charge in [0.05, 0.1) is 5.60 Å². The molecule has 0 aliphatic rings. The lowest BCUT2D eigenvalue weighted by atomic mass is 10.0. The Bertz CT molecular complexity index is 379. The van der Waals surface area contributed by atoms with Crippen molar-refractivity contribution in [3.63, 3.8) is 0 Å². The summed E-state index contributed by atoms with van der Waals surface area (Å²) in [5, 5.41) is 16.3. The summed E-state index contributed by atoms with van der Waals surface area (Å²) in [5.74, 6) is 2.38. The van der Waals surface area contributed by atoms with E-state index in [1.54, 1.807) is 0 Å². The Morgan fingerprint density at radius 1 is 1.17 bits per heavy atom. The van der Waals surface area contributed by atoms with E-state index in [1.807, 2.05) is 33.8 Å². The van der Waals surface area contributed by atoms with Crippen LogP contribution in [-0.2, 0) is 6.42 Å². The van der Waals surface area contributed by atoms with Gasteiger partial charge < -0.3 is 15.7 Å². The van der Waals surface area contributed by atoms with Crippen molar-refractivity contribution < 1.29 is 5.11 Å². The zero-order chi connectivity index (χ0) is 13.6. The smallest absolute Gasteiger partial charge is 0.132 e. The molecule has 1 unspecified atom stereocenters. The summed E-state index contributed by atoms with van der Waals surface area (Å²) in [6.07, 6.45) is 1.49. The topological polar surface area (TPSA) is 70.1 Å². The number of hydrogen-bond donors (Lipinski definition) is 3. The van der Waals surface area contributed by atoms with Gasteiger partial charge in [-0.1, -0.05) is 13.8 Å². The van der Waals surface area contributed by atoms with Gasteiger partial charge in [-0.2, -0.15) is 0 Å². The van der Waals surface area contributed by atoms with Gasteiger partial charge in [0.1, 0.15) is 17.5 Å². The lowest BCUT2D eigenvalue weighted by Gasteiger charge is -2.22. The predicted octanol–water partition coefficient (Wildman–Crippen LogP) is 2.04. The summed E-state index contributed by atoms with van der Waals surface area (Å²) >= 11 is 0. The average Bonchev–Trinajstić information content (AvgIpc) is 2.37. The van der Waals surface area contributed by atoms with Crippen LogP contribution in [-0.4, -0.2) is 33.8 Å². The number of nitrogens with one attached hydrogen (secondary N) is 2. The minimum Gasteiger partial charge on any atom is -0.388 e. The largest absolute Gasteiger partial charge is 0.388 e. The molecule has 1 atom stereocenters. The maximum Gasteiger partial charge on any atom is 0.132 e. The lowest BCUT2D eigenvalue weighted by molar-refractivity contribution is 0.0696. The first kappa shape index (κ1) is 14.7. The minimum atomic E-state index is -0.713. The highest BCUT2D eigenvalue weighted by molar-refractivity contribution is 5.47. The van der Waals surface area contributed by atoms with Crippen molar-refractivity contribution >= 4 is 11.6 Å². The van der Waals surface area contributed by atoms with Gasteiger partial charge in [0.15, 0.2) is 0 Å². The van der Waals surface area contributed by atoms with Crippen LogP contribution in [0.2, 0.25) is 0 Å². The Kier molecular flexibility index (Phi) is 5.34. The Labute approximate surface area is 109 Å². The molecule has 0 spiro atoms. The molecular weight excluding hydrogens is 228 g/mol. The molecule has 5 nitrogen and oxygen atoms in total. The van der Waals surface area contributed by atoms with Crippen molar-refractivity contribution in [3.05, 3.63) is 11.9 Å². The molecule has 0 amide bonds. The minimum absolute atomic E-state index is 0.481.